The van der Waals surface area contributed by atoms with Crippen molar-refractivity contribution in [1.82, 2.24) is 10.2 Å². The molecule has 1 saturated carbocycles. The van der Waals surface area contributed by atoms with E-state index >= 15 is 0 Å². The number of carbonyl (C=O) groups excluding carboxylic acids is 1. The van der Waals surface area contributed by atoms with E-state index in [2.05, 4.69) is 12.2 Å². The van der Waals surface area contributed by atoms with Gasteiger partial charge in [0.15, 0.2) is 0 Å². The van der Waals surface area contributed by atoms with Crippen LogP contribution in [0.2, 0.25) is 0 Å². The molecule has 0 aromatic carbocycles. The van der Waals surface area contributed by atoms with Gasteiger partial charge in [-0.3, -0.25) is 9.59 Å². The molecule has 0 aromatic rings. The Morgan fingerprint density at radius 2 is 1.86 bits per heavy atom. The fourth-order valence-electron chi connectivity index (χ4n) is 3.57. The highest BCUT2D eigenvalue weighted by Crippen LogP contribution is 2.28. The standard InChI is InChI=1S/C16H28N2O3/c1-12-4-2-3-9-18(12)15(19)11-17-10-13-5-7-14(8-6-13)16(20)21/h12-14,17H,2-11H2,1H3,(H,20,21). The van der Waals surface area contributed by atoms with Crippen LogP contribution in [-0.2, 0) is 9.59 Å². The number of hydrogen-bond donors (Lipinski definition) is 2. The van der Waals surface area contributed by atoms with Crippen LogP contribution in [0.1, 0.15) is 51.9 Å². The molecule has 1 aliphatic heterocycles. The van der Waals surface area contributed by atoms with Crippen LogP contribution in [0.4, 0.5) is 0 Å². The van der Waals surface area contributed by atoms with E-state index in [0.29, 0.717) is 18.5 Å². The summed E-state index contributed by atoms with van der Waals surface area (Å²) >= 11 is 0. The van der Waals surface area contributed by atoms with Crippen LogP contribution in [0.5, 0.6) is 0 Å². The fourth-order valence-corrected chi connectivity index (χ4v) is 3.57. The maximum Gasteiger partial charge on any atom is 0.306 e. The van der Waals surface area contributed by atoms with Gasteiger partial charge < -0.3 is 15.3 Å². The number of piperidine rings is 1. The van der Waals surface area contributed by atoms with Gasteiger partial charge in [-0.2, -0.15) is 0 Å². The van der Waals surface area contributed by atoms with Crippen molar-refractivity contribution in [3.8, 4) is 0 Å². The molecule has 1 heterocycles. The lowest BCUT2D eigenvalue weighted by atomic mass is 9.82. The zero-order valence-corrected chi connectivity index (χ0v) is 13.0. The Kier molecular flexibility index (Phi) is 6.03. The van der Waals surface area contributed by atoms with Gasteiger partial charge in [-0.05, 0) is 64.3 Å². The van der Waals surface area contributed by atoms with Gasteiger partial charge in [-0.1, -0.05) is 0 Å². The number of likely N-dealkylation sites (tertiary alicyclic amines) is 1. The van der Waals surface area contributed by atoms with Crippen molar-refractivity contribution >= 4 is 11.9 Å². The summed E-state index contributed by atoms with van der Waals surface area (Å²) in [4.78, 5) is 25.1. The number of hydrogen-bond acceptors (Lipinski definition) is 3. The van der Waals surface area contributed by atoms with Gasteiger partial charge in [0, 0.05) is 12.6 Å². The zero-order valence-electron chi connectivity index (χ0n) is 13.0. The van der Waals surface area contributed by atoms with E-state index in [-0.39, 0.29) is 11.8 Å². The number of aliphatic carboxylic acids is 1. The van der Waals surface area contributed by atoms with Crippen molar-refractivity contribution in [3.63, 3.8) is 0 Å². The first-order valence-corrected chi connectivity index (χ1v) is 8.31. The normalized spacial score (nSPS) is 30.1. The third kappa shape index (κ3) is 4.70. The van der Waals surface area contributed by atoms with E-state index in [0.717, 1.165) is 51.6 Å². The van der Waals surface area contributed by atoms with Crippen LogP contribution in [0.15, 0.2) is 0 Å². The molecular formula is C16H28N2O3. The molecule has 1 saturated heterocycles. The van der Waals surface area contributed by atoms with Crippen LogP contribution in [0.25, 0.3) is 0 Å². The van der Waals surface area contributed by atoms with Crippen molar-refractivity contribution < 1.29 is 14.7 Å². The highest BCUT2D eigenvalue weighted by atomic mass is 16.4. The Morgan fingerprint density at radius 3 is 2.48 bits per heavy atom. The van der Waals surface area contributed by atoms with Crippen LogP contribution < -0.4 is 5.32 Å². The molecule has 2 fully saturated rings. The number of amides is 1. The van der Waals surface area contributed by atoms with Crippen molar-refractivity contribution in [3.05, 3.63) is 0 Å². The molecule has 0 radical (unpaired) electrons. The first-order chi connectivity index (χ1) is 10.1. The summed E-state index contributed by atoms with van der Waals surface area (Å²) in [6.45, 7) is 4.28. The quantitative estimate of drug-likeness (QED) is 0.812. The highest BCUT2D eigenvalue weighted by Gasteiger charge is 2.26. The van der Waals surface area contributed by atoms with Gasteiger partial charge >= 0.3 is 5.97 Å². The molecule has 120 valence electrons. The Balaban J connectivity index is 1.63. The van der Waals surface area contributed by atoms with Crippen molar-refractivity contribution in [2.24, 2.45) is 11.8 Å². The molecule has 2 aliphatic rings. The molecule has 21 heavy (non-hydrogen) atoms. The number of rotatable bonds is 5. The first kappa shape index (κ1) is 16.3. The Bertz CT molecular complexity index is 365. The minimum Gasteiger partial charge on any atom is -0.481 e. The predicted octanol–water partition coefficient (Wildman–Crippen LogP) is 1.87. The largest absolute Gasteiger partial charge is 0.481 e. The molecule has 0 spiro atoms. The Labute approximate surface area is 127 Å². The van der Waals surface area contributed by atoms with Gasteiger partial charge in [0.2, 0.25) is 5.91 Å². The molecular weight excluding hydrogens is 268 g/mol. The van der Waals surface area contributed by atoms with Crippen molar-refractivity contribution in [2.75, 3.05) is 19.6 Å². The van der Waals surface area contributed by atoms with Gasteiger partial charge in [-0.15, -0.1) is 0 Å². The third-order valence-electron chi connectivity index (χ3n) is 5.03. The summed E-state index contributed by atoms with van der Waals surface area (Å²) in [5.74, 6) is -0.0821. The van der Waals surface area contributed by atoms with Gasteiger partial charge in [0.05, 0.1) is 12.5 Å². The lowest BCUT2D eigenvalue weighted by Gasteiger charge is -2.34. The molecule has 1 unspecified atom stereocenters. The molecule has 1 atom stereocenters. The molecule has 1 amide bonds. The highest BCUT2D eigenvalue weighted by molar-refractivity contribution is 5.78. The smallest absolute Gasteiger partial charge is 0.306 e. The molecule has 0 bridgehead atoms. The second kappa shape index (κ2) is 7.78. The summed E-state index contributed by atoms with van der Waals surface area (Å²) in [7, 11) is 0. The van der Waals surface area contributed by atoms with E-state index < -0.39 is 5.97 Å². The molecule has 2 rings (SSSR count). The topological polar surface area (TPSA) is 69.6 Å². The first-order valence-electron chi connectivity index (χ1n) is 8.31. The number of carbonyl (C=O) groups is 2. The van der Waals surface area contributed by atoms with Crippen LogP contribution >= 0.6 is 0 Å². The number of carboxylic acids is 1. The Morgan fingerprint density at radius 1 is 1.14 bits per heavy atom. The number of carboxylic acid groups (broad SMARTS) is 1. The van der Waals surface area contributed by atoms with Crippen LogP contribution in [0.3, 0.4) is 0 Å². The lowest BCUT2D eigenvalue weighted by molar-refractivity contribution is -0.143. The molecule has 2 N–H and O–H groups in total. The second-order valence-electron chi connectivity index (χ2n) is 6.62. The monoisotopic (exact) mass is 296 g/mol. The fraction of sp³-hybridized carbons (Fsp3) is 0.875. The van der Waals surface area contributed by atoms with Gasteiger partial charge in [-0.25, -0.2) is 0 Å². The van der Waals surface area contributed by atoms with E-state index in [4.69, 9.17) is 5.11 Å². The van der Waals surface area contributed by atoms with Gasteiger partial charge in [0.25, 0.3) is 0 Å². The summed E-state index contributed by atoms with van der Waals surface area (Å²) in [6.07, 6.45) is 6.93. The average Bonchev–Trinajstić information content (AvgIpc) is 2.48. The summed E-state index contributed by atoms with van der Waals surface area (Å²) in [5, 5.41) is 12.3. The lowest BCUT2D eigenvalue weighted by Crippen LogP contribution is -2.46. The van der Waals surface area contributed by atoms with Crippen molar-refractivity contribution in [2.45, 2.75) is 57.9 Å². The Hall–Kier alpha value is -1.10. The molecule has 1 aliphatic carbocycles. The summed E-state index contributed by atoms with van der Waals surface area (Å²) in [6, 6.07) is 0.374. The van der Waals surface area contributed by atoms with Crippen LogP contribution in [-0.4, -0.2) is 47.6 Å². The number of nitrogens with one attached hydrogen (secondary N) is 1. The van der Waals surface area contributed by atoms with E-state index in [9.17, 15) is 9.59 Å². The predicted molar refractivity (Wildman–Crippen MR) is 81.0 cm³/mol. The number of nitrogens with zero attached hydrogens (tertiary/aromatic N) is 1. The van der Waals surface area contributed by atoms with Gasteiger partial charge in [0.1, 0.15) is 0 Å². The molecule has 5 heteroatoms. The average molecular weight is 296 g/mol. The minimum absolute atomic E-state index is 0.155. The van der Waals surface area contributed by atoms with E-state index in [1.807, 2.05) is 4.90 Å². The summed E-state index contributed by atoms with van der Waals surface area (Å²) in [5.41, 5.74) is 0. The maximum atomic E-state index is 12.2. The SMILES string of the molecule is CC1CCCCN1C(=O)CNCC1CCC(C(=O)O)CC1. The molecule has 5 nitrogen and oxygen atoms in total. The van der Waals surface area contributed by atoms with E-state index in [1.54, 1.807) is 0 Å². The van der Waals surface area contributed by atoms with Crippen LogP contribution in [0, 0.1) is 11.8 Å². The minimum atomic E-state index is -0.657. The van der Waals surface area contributed by atoms with Crippen molar-refractivity contribution in [1.29, 1.82) is 0 Å². The second-order valence-corrected chi connectivity index (χ2v) is 6.62. The van der Waals surface area contributed by atoms with E-state index in [1.165, 1.54) is 6.42 Å². The zero-order chi connectivity index (χ0) is 15.2. The maximum absolute atomic E-state index is 12.2. The third-order valence-corrected chi connectivity index (χ3v) is 5.03. The summed E-state index contributed by atoms with van der Waals surface area (Å²) < 4.78 is 0. The molecule has 0 aromatic heterocycles.